The zero-order valence-corrected chi connectivity index (χ0v) is 14.2. The van der Waals surface area contributed by atoms with Gasteiger partial charge in [0.15, 0.2) is 5.65 Å². The summed E-state index contributed by atoms with van der Waals surface area (Å²) in [7, 11) is 0. The topological polar surface area (TPSA) is 35.6 Å². The lowest BCUT2D eigenvalue weighted by Gasteiger charge is -2.23. The standard InChI is InChI=1S/C16H25ClN4/c1-5-12-7-8-13(10(12)3)21-14(9-17)18-15-11(4)19-20(6-2)16(15)21/h10,12-13H,5-9H2,1-4H3. The average Bonchev–Trinajstić information content (AvgIpc) is 3.12. The van der Waals surface area contributed by atoms with Gasteiger partial charge in [0.2, 0.25) is 0 Å². The molecule has 116 valence electrons. The minimum Gasteiger partial charge on any atom is -0.308 e. The molecule has 5 heteroatoms. The van der Waals surface area contributed by atoms with Gasteiger partial charge in [0, 0.05) is 12.6 Å². The summed E-state index contributed by atoms with van der Waals surface area (Å²) in [6, 6.07) is 0.509. The van der Waals surface area contributed by atoms with Crippen LogP contribution in [0.4, 0.5) is 0 Å². The second kappa shape index (κ2) is 5.64. The molecule has 2 heterocycles. The van der Waals surface area contributed by atoms with E-state index in [4.69, 9.17) is 16.6 Å². The normalized spacial score (nSPS) is 26.0. The largest absolute Gasteiger partial charge is 0.308 e. The Morgan fingerprint density at radius 3 is 2.62 bits per heavy atom. The third-order valence-corrected chi connectivity index (χ3v) is 5.51. The lowest BCUT2D eigenvalue weighted by atomic mass is 9.93. The molecule has 1 saturated carbocycles. The zero-order chi connectivity index (χ0) is 15.1. The number of rotatable bonds is 4. The van der Waals surface area contributed by atoms with Gasteiger partial charge >= 0.3 is 0 Å². The molecule has 0 radical (unpaired) electrons. The van der Waals surface area contributed by atoms with E-state index >= 15 is 0 Å². The zero-order valence-electron chi connectivity index (χ0n) is 13.4. The van der Waals surface area contributed by atoms with Crippen LogP contribution in [0.25, 0.3) is 11.2 Å². The van der Waals surface area contributed by atoms with Crippen molar-refractivity contribution < 1.29 is 0 Å². The maximum Gasteiger partial charge on any atom is 0.159 e. The van der Waals surface area contributed by atoms with Gasteiger partial charge in [0.25, 0.3) is 0 Å². The maximum absolute atomic E-state index is 6.19. The fourth-order valence-electron chi connectivity index (χ4n) is 4.06. The van der Waals surface area contributed by atoms with Crippen molar-refractivity contribution in [2.75, 3.05) is 0 Å². The Kier molecular flexibility index (Phi) is 4.00. The fraction of sp³-hybridized carbons (Fsp3) is 0.750. The number of nitrogens with zero attached hydrogens (tertiary/aromatic N) is 4. The molecule has 1 fully saturated rings. The quantitative estimate of drug-likeness (QED) is 0.790. The van der Waals surface area contributed by atoms with Crippen LogP contribution in [0.1, 0.15) is 57.6 Å². The van der Waals surface area contributed by atoms with Gasteiger partial charge in [0.1, 0.15) is 11.3 Å². The van der Waals surface area contributed by atoms with Gasteiger partial charge < -0.3 is 4.57 Å². The molecule has 2 aromatic rings. The number of imidazole rings is 1. The molecular formula is C16H25ClN4. The molecule has 1 aliphatic carbocycles. The SMILES string of the molecule is CCC1CCC(n2c(CCl)nc3c(C)nn(CC)c32)C1C. The van der Waals surface area contributed by atoms with E-state index in [0.717, 1.165) is 29.5 Å². The molecule has 2 aromatic heterocycles. The molecule has 3 rings (SSSR count). The highest BCUT2D eigenvalue weighted by Crippen LogP contribution is 2.43. The molecule has 3 atom stereocenters. The van der Waals surface area contributed by atoms with Crippen molar-refractivity contribution in [3.05, 3.63) is 11.5 Å². The monoisotopic (exact) mass is 308 g/mol. The van der Waals surface area contributed by atoms with Crippen molar-refractivity contribution in [1.82, 2.24) is 19.3 Å². The molecular weight excluding hydrogens is 284 g/mol. The van der Waals surface area contributed by atoms with E-state index in [-0.39, 0.29) is 0 Å². The van der Waals surface area contributed by atoms with E-state index in [1.807, 2.05) is 6.92 Å². The number of aryl methyl sites for hydroxylation is 2. The number of alkyl halides is 1. The Morgan fingerprint density at radius 2 is 2.05 bits per heavy atom. The van der Waals surface area contributed by atoms with E-state index < -0.39 is 0 Å². The first kappa shape index (κ1) is 14.9. The molecule has 0 spiro atoms. The Balaban J connectivity index is 2.16. The van der Waals surface area contributed by atoms with E-state index in [9.17, 15) is 0 Å². The Labute approximate surface area is 131 Å². The molecule has 0 bridgehead atoms. The highest BCUT2D eigenvalue weighted by molar-refractivity contribution is 6.16. The molecule has 0 amide bonds. The van der Waals surface area contributed by atoms with Crippen LogP contribution in [0.3, 0.4) is 0 Å². The van der Waals surface area contributed by atoms with Gasteiger partial charge in [0.05, 0.1) is 11.6 Å². The van der Waals surface area contributed by atoms with Gasteiger partial charge in [-0.3, -0.25) is 0 Å². The second-order valence-electron chi connectivity index (χ2n) is 6.28. The fourth-order valence-corrected chi connectivity index (χ4v) is 4.25. The lowest BCUT2D eigenvalue weighted by molar-refractivity contribution is 0.327. The summed E-state index contributed by atoms with van der Waals surface area (Å²) >= 11 is 6.19. The first-order valence-corrected chi connectivity index (χ1v) is 8.65. The summed E-state index contributed by atoms with van der Waals surface area (Å²) < 4.78 is 4.48. The molecule has 0 N–H and O–H groups in total. The van der Waals surface area contributed by atoms with Crippen LogP contribution in [0, 0.1) is 18.8 Å². The molecule has 0 aromatic carbocycles. The van der Waals surface area contributed by atoms with Crippen LogP contribution < -0.4 is 0 Å². The molecule has 21 heavy (non-hydrogen) atoms. The van der Waals surface area contributed by atoms with Crippen molar-refractivity contribution in [3.63, 3.8) is 0 Å². The van der Waals surface area contributed by atoms with Gasteiger partial charge in [-0.15, -0.1) is 11.6 Å². The Bertz CT molecular complexity index is 642. The first-order chi connectivity index (χ1) is 10.1. The van der Waals surface area contributed by atoms with Crippen LogP contribution in [-0.2, 0) is 12.4 Å². The Morgan fingerprint density at radius 1 is 1.29 bits per heavy atom. The third kappa shape index (κ3) is 2.19. The molecule has 0 aliphatic heterocycles. The third-order valence-electron chi connectivity index (χ3n) is 5.28. The predicted octanol–water partition coefficient (Wildman–Crippen LogP) is 4.30. The van der Waals surface area contributed by atoms with Gasteiger partial charge in [-0.05, 0) is 38.5 Å². The number of fused-ring (bicyclic) bond motifs is 1. The van der Waals surface area contributed by atoms with Gasteiger partial charge in [-0.25, -0.2) is 9.67 Å². The number of halogens is 1. The smallest absolute Gasteiger partial charge is 0.159 e. The number of hydrogen-bond acceptors (Lipinski definition) is 2. The summed E-state index contributed by atoms with van der Waals surface area (Å²) in [6.07, 6.45) is 3.80. The number of aromatic nitrogens is 4. The van der Waals surface area contributed by atoms with Gasteiger partial charge in [-0.1, -0.05) is 20.3 Å². The lowest BCUT2D eigenvalue weighted by Crippen LogP contribution is -2.19. The van der Waals surface area contributed by atoms with Crippen LogP contribution in [0.5, 0.6) is 0 Å². The van der Waals surface area contributed by atoms with Crippen molar-refractivity contribution in [2.45, 2.75) is 65.4 Å². The molecule has 1 aliphatic rings. The Hall–Kier alpha value is -1.03. The molecule has 4 nitrogen and oxygen atoms in total. The summed E-state index contributed by atoms with van der Waals surface area (Å²) in [4.78, 5) is 4.78. The van der Waals surface area contributed by atoms with E-state index in [2.05, 4.69) is 35.1 Å². The molecule has 0 saturated heterocycles. The first-order valence-electron chi connectivity index (χ1n) is 8.12. The predicted molar refractivity (Wildman–Crippen MR) is 86.7 cm³/mol. The highest BCUT2D eigenvalue weighted by Gasteiger charge is 2.35. The average molecular weight is 309 g/mol. The van der Waals surface area contributed by atoms with E-state index in [0.29, 0.717) is 17.8 Å². The van der Waals surface area contributed by atoms with Crippen LogP contribution >= 0.6 is 11.6 Å². The molecule has 3 unspecified atom stereocenters. The van der Waals surface area contributed by atoms with Gasteiger partial charge in [-0.2, -0.15) is 5.10 Å². The van der Waals surface area contributed by atoms with Crippen molar-refractivity contribution in [1.29, 1.82) is 0 Å². The minimum absolute atomic E-state index is 0.470. The minimum atomic E-state index is 0.470. The van der Waals surface area contributed by atoms with Crippen molar-refractivity contribution in [3.8, 4) is 0 Å². The summed E-state index contributed by atoms with van der Waals surface area (Å²) in [6.45, 7) is 9.73. The summed E-state index contributed by atoms with van der Waals surface area (Å²) in [5.41, 5.74) is 3.20. The summed E-state index contributed by atoms with van der Waals surface area (Å²) in [5.74, 6) is 2.96. The second-order valence-corrected chi connectivity index (χ2v) is 6.54. The number of hydrogen-bond donors (Lipinski definition) is 0. The van der Waals surface area contributed by atoms with Crippen LogP contribution in [0.2, 0.25) is 0 Å². The van der Waals surface area contributed by atoms with E-state index in [1.54, 1.807) is 0 Å². The maximum atomic E-state index is 6.19. The van der Waals surface area contributed by atoms with Crippen LogP contribution in [0.15, 0.2) is 0 Å². The summed E-state index contributed by atoms with van der Waals surface area (Å²) in [5, 5.41) is 4.63. The van der Waals surface area contributed by atoms with Crippen LogP contribution in [-0.4, -0.2) is 19.3 Å². The van der Waals surface area contributed by atoms with Crippen molar-refractivity contribution >= 4 is 22.8 Å². The van der Waals surface area contributed by atoms with E-state index in [1.165, 1.54) is 24.9 Å². The highest BCUT2D eigenvalue weighted by atomic mass is 35.5. The van der Waals surface area contributed by atoms with Crippen molar-refractivity contribution in [2.24, 2.45) is 11.8 Å².